The van der Waals surface area contributed by atoms with Crippen molar-refractivity contribution in [2.24, 2.45) is 0 Å². The lowest BCUT2D eigenvalue weighted by molar-refractivity contribution is 0.266. The Morgan fingerprint density at radius 1 is 1.42 bits per heavy atom. The molecule has 0 aliphatic heterocycles. The van der Waals surface area contributed by atoms with Gasteiger partial charge in [-0.15, -0.1) is 0 Å². The highest BCUT2D eigenvalue weighted by atomic mass is 35.5. The third-order valence-corrected chi connectivity index (χ3v) is 1.81. The van der Waals surface area contributed by atoms with Gasteiger partial charge in [0.25, 0.3) is 0 Å². The Kier molecular flexibility index (Phi) is 2.89. The van der Waals surface area contributed by atoms with Gasteiger partial charge in [-0.05, 0) is 23.7 Å². The monoisotopic (exact) mass is 207 g/mol. The molecule has 0 spiro atoms. The fourth-order valence-corrected chi connectivity index (χ4v) is 0.934. The average Bonchev–Trinajstić information content (AvgIpc) is 2.04. The highest BCUT2D eigenvalue weighted by Crippen LogP contribution is 2.21. The lowest BCUT2D eigenvalue weighted by Crippen LogP contribution is -2.13. The predicted molar refractivity (Wildman–Crippen MR) is 46.0 cm³/mol. The standard InChI is InChI=1S/C7H4Cl2FNO/c8-7(12)11(9)6-4-2-1-3-5(6)10/h1-4H. The Bertz CT molecular complexity index is 305. The van der Waals surface area contributed by atoms with Crippen LogP contribution in [0.4, 0.5) is 14.9 Å². The van der Waals surface area contributed by atoms with Gasteiger partial charge in [0.1, 0.15) is 5.82 Å². The third-order valence-electron chi connectivity index (χ3n) is 1.22. The van der Waals surface area contributed by atoms with Gasteiger partial charge < -0.3 is 0 Å². The number of nitrogens with zero attached hydrogens (tertiary/aromatic N) is 1. The number of para-hydroxylation sites is 1. The molecule has 0 bridgehead atoms. The van der Waals surface area contributed by atoms with Crippen LogP contribution in [0.15, 0.2) is 24.3 Å². The van der Waals surface area contributed by atoms with E-state index in [1.54, 1.807) is 6.07 Å². The molecular weight excluding hydrogens is 204 g/mol. The molecule has 0 unspecified atom stereocenters. The summed E-state index contributed by atoms with van der Waals surface area (Å²) >= 11 is 10.4. The van der Waals surface area contributed by atoms with Crippen molar-refractivity contribution >= 4 is 34.4 Å². The van der Waals surface area contributed by atoms with Crippen LogP contribution in [-0.4, -0.2) is 5.37 Å². The van der Waals surface area contributed by atoms with Gasteiger partial charge in [-0.2, -0.15) is 0 Å². The number of benzene rings is 1. The van der Waals surface area contributed by atoms with Crippen molar-refractivity contribution in [1.29, 1.82) is 0 Å². The lowest BCUT2D eigenvalue weighted by atomic mass is 10.3. The molecule has 1 aromatic rings. The summed E-state index contributed by atoms with van der Waals surface area (Å²) in [5.74, 6) is -0.596. The van der Waals surface area contributed by atoms with Crippen molar-refractivity contribution in [1.82, 2.24) is 0 Å². The Morgan fingerprint density at radius 2 is 2.00 bits per heavy atom. The minimum atomic E-state index is -0.943. The van der Waals surface area contributed by atoms with E-state index >= 15 is 0 Å². The second-order valence-corrected chi connectivity index (χ2v) is 2.65. The molecule has 2 nitrogen and oxygen atoms in total. The van der Waals surface area contributed by atoms with E-state index in [0.717, 1.165) is 0 Å². The number of hydrogen-bond donors (Lipinski definition) is 0. The molecule has 1 amide bonds. The number of rotatable bonds is 1. The Balaban J connectivity index is 3.02. The highest BCUT2D eigenvalue weighted by molar-refractivity contribution is 6.71. The summed E-state index contributed by atoms with van der Waals surface area (Å²) in [6.45, 7) is 0. The molecule has 5 heteroatoms. The van der Waals surface area contributed by atoms with Crippen LogP contribution in [0.2, 0.25) is 0 Å². The van der Waals surface area contributed by atoms with Crippen molar-refractivity contribution in [2.75, 3.05) is 4.42 Å². The van der Waals surface area contributed by atoms with E-state index in [9.17, 15) is 9.18 Å². The molecule has 1 aromatic carbocycles. The molecule has 0 fully saturated rings. The van der Waals surface area contributed by atoms with Crippen LogP contribution in [0, 0.1) is 5.82 Å². The summed E-state index contributed by atoms with van der Waals surface area (Å²) in [6, 6.07) is 5.57. The summed E-state index contributed by atoms with van der Waals surface area (Å²) in [4.78, 5) is 10.5. The number of carbonyl (C=O) groups is 1. The smallest absolute Gasteiger partial charge is 0.254 e. The second kappa shape index (κ2) is 3.74. The van der Waals surface area contributed by atoms with Crippen molar-refractivity contribution in [3.8, 4) is 0 Å². The first-order valence-electron chi connectivity index (χ1n) is 3.03. The Labute approximate surface area is 78.6 Å². The molecule has 0 saturated heterocycles. The maximum Gasteiger partial charge on any atom is 0.335 e. The Morgan fingerprint density at radius 3 is 2.50 bits per heavy atom. The lowest BCUT2D eigenvalue weighted by Gasteiger charge is -2.09. The molecule has 0 aliphatic rings. The molecule has 64 valence electrons. The van der Waals surface area contributed by atoms with Gasteiger partial charge >= 0.3 is 5.37 Å². The van der Waals surface area contributed by atoms with E-state index in [4.69, 9.17) is 23.4 Å². The van der Waals surface area contributed by atoms with E-state index < -0.39 is 11.2 Å². The van der Waals surface area contributed by atoms with Gasteiger partial charge in [0, 0.05) is 11.8 Å². The molecule has 0 saturated carbocycles. The summed E-state index contributed by atoms with van der Waals surface area (Å²) in [5.41, 5.74) is -0.0563. The number of halogens is 3. The van der Waals surface area contributed by atoms with Crippen molar-refractivity contribution in [3.63, 3.8) is 0 Å². The quantitative estimate of drug-likeness (QED) is 0.394. The largest absolute Gasteiger partial charge is 0.335 e. The SMILES string of the molecule is O=C(Cl)N(Cl)c1ccccc1F. The molecule has 0 aliphatic carbocycles. The molecule has 0 radical (unpaired) electrons. The Hall–Kier alpha value is -0.800. The van der Waals surface area contributed by atoms with Gasteiger partial charge in [-0.1, -0.05) is 12.1 Å². The summed E-state index contributed by atoms with van der Waals surface area (Å²) in [7, 11) is 0. The normalized spacial score (nSPS) is 9.58. The topological polar surface area (TPSA) is 20.3 Å². The molecule has 12 heavy (non-hydrogen) atoms. The van der Waals surface area contributed by atoms with Crippen LogP contribution < -0.4 is 4.42 Å². The predicted octanol–water partition coefficient (Wildman–Crippen LogP) is 3.14. The second-order valence-electron chi connectivity index (χ2n) is 1.99. The minimum absolute atomic E-state index is 0.0563. The van der Waals surface area contributed by atoms with Gasteiger partial charge in [0.15, 0.2) is 0 Å². The molecule has 0 N–H and O–H groups in total. The third kappa shape index (κ3) is 1.87. The van der Waals surface area contributed by atoms with E-state index in [1.165, 1.54) is 18.2 Å². The first kappa shape index (κ1) is 9.29. The van der Waals surface area contributed by atoms with E-state index in [0.29, 0.717) is 4.42 Å². The summed E-state index contributed by atoms with van der Waals surface area (Å²) in [6.07, 6.45) is 0. The zero-order valence-corrected chi connectivity index (χ0v) is 7.31. The van der Waals surface area contributed by atoms with Gasteiger partial charge in [0.05, 0.1) is 5.69 Å². The molecule has 0 aromatic heterocycles. The first-order valence-corrected chi connectivity index (χ1v) is 3.74. The molecule has 1 rings (SSSR count). The average molecular weight is 208 g/mol. The number of hydrogen-bond acceptors (Lipinski definition) is 1. The van der Waals surface area contributed by atoms with Crippen molar-refractivity contribution < 1.29 is 9.18 Å². The van der Waals surface area contributed by atoms with Crippen LogP contribution in [0.1, 0.15) is 0 Å². The first-order chi connectivity index (χ1) is 5.63. The van der Waals surface area contributed by atoms with Gasteiger partial charge in [0.2, 0.25) is 0 Å². The zero-order valence-electron chi connectivity index (χ0n) is 5.80. The van der Waals surface area contributed by atoms with Crippen LogP contribution >= 0.6 is 23.4 Å². The fourth-order valence-electron chi connectivity index (χ4n) is 0.706. The van der Waals surface area contributed by atoms with E-state index in [2.05, 4.69) is 0 Å². The maximum atomic E-state index is 12.9. The molecule has 0 heterocycles. The summed E-state index contributed by atoms with van der Waals surface area (Å²) in [5, 5.41) is -0.943. The molecular formula is C7H4Cl2FNO. The maximum absolute atomic E-state index is 12.9. The minimum Gasteiger partial charge on any atom is -0.254 e. The number of carbonyl (C=O) groups excluding carboxylic acids is 1. The number of amides is 1. The van der Waals surface area contributed by atoms with Crippen molar-refractivity contribution in [3.05, 3.63) is 30.1 Å². The zero-order chi connectivity index (χ0) is 9.14. The summed E-state index contributed by atoms with van der Waals surface area (Å²) < 4.78 is 13.4. The van der Waals surface area contributed by atoms with Gasteiger partial charge in [-0.3, -0.25) is 4.79 Å². The van der Waals surface area contributed by atoms with Crippen LogP contribution in [-0.2, 0) is 0 Å². The van der Waals surface area contributed by atoms with Crippen LogP contribution in [0.25, 0.3) is 0 Å². The van der Waals surface area contributed by atoms with Gasteiger partial charge in [-0.25, -0.2) is 8.81 Å². The van der Waals surface area contributed by atoms with E-state index in [-0.39, 0.29) is 5.69 Å². The number of anilines is 1. The fraction of sp³-hybridized carbons (Fsp3) is 0. The van der Waals surface area contributed by atoms with Crippen LogP contribution in [0.3, 0.4) is 0 Å². The highest BCUT2D eigenvalue weighted by Gasteiger charge is 2.13. The van der Waals surface area contributed by atoms with Crippen LogP contribution in [0.5, 0.6) is 0 Å². The molecule has 0 atom stereocenters. The van der Waals surface area contributed by atoms with E-state index in [1.807, 2.05) is 0 Å². The van der Waals surface area contributed by atoms with Crippen molar-refractivity contribution in [2.45, 2.75) is 0 Å².